The van der Waals surface area contributed by atoms with E-state index >= 15 is 0 Å². The summed E-state index contributed by atoms with van der Waals surface area (Å²) in [5.74, 6) is -0.437. The van der Waals surface area contributed by atoms with E-state index in [-0.39, 0.29) is 42.3 Å². The number of nitrogens with zero attached hydrogens (tertiary/aromatic N) is 4. The number of ketones is 1. The summed E-state index contributed by atoms with van der Waals surface area (Å²) >= 11 is 0. The first-order valence-corrected chi connectivity index (χ1v) is 15.1. The number of hydrogen-bond donors (Lipinski definition) is 1. The lowest BCUT2D eigenvalue weighted by atomic mass is 9.94. The number of carbonyl (C=O) groups excluding carboxylic acids is 2. The lowest BCUT2D eigenvalue weighted by Gasteiger charge is -2.29. The van der Waals surface area contributed by atoms with Crippen LogP contribution < -0.4 is 14.8 Å². The maximum Gasteiger partial charge on any atom is 0.421 e. The number of aryl methyl sites for hydroxylation is 2. The molecule has 3 heterocycles. The van der Waals surface area contributed by atoms with E-state index in [9.17, 15) is 22.8 Å². The summed E-state index contributed by atoms with van der Waals surface area (Å²) in [7, 11) is 5.30. The molecule has 12 heteroatoms. The second-order valence-electron chi connectivity index (χ2n) is 12.0. The van der Waals surface area contributed by atoms with Gasteiger partial charge in [0.25, 0.3) is 5.91 Å². The number of aliphatic imine (C=N–C) groups is 2. The number of allylic oxidation sites excluding steroid dienone is 2. The van der Waals surface area contributed by atoms with Crippen molar-refractivity contribution in [2.24, 2.45) is 9.98 Å². The molecule has 0 unspecified atom stereocenters. The summed E-state index contributed by atoms with van der Waals surface area (Å²) in [6.45, 7) is 6.07. The Labute approximate surface area is 266 Å². The number of Topliss-reactive ketones (excluding diaryl/α,β-unsaturated/α-hetero) is 1. The first kappa shape index (κ1) is 33.1. The van der Waals surface area contributed by atoms with Crippen molar-refractivity contribution in [2.75, 3.05) is 40.8 Å². The summed E-state index contributed by atoms with van der Waals surface area (Å²) < 4.78 is 54.4. The standard InChI is InChI=1S/C34H38F3N5O4/c1-20-9-10-29(32-24(20)18-42(4)19-27(32)43)46-28-7-6-8-31(38-17-25(28)34(35,36)37)40-26-15-21(2)23(16-30(26)45-5)33(44)39-22-11-13-41(3)14-12-22/h6-7,9-10,15-17,22H,8,11-14,18-19H2,1-5H3,(H,39,44)/b7-6+,28-25+,38-17?,40-31?. The normalized spacial score (nSPS) is 21.5. The van der Waals surface area contributed by atoms with Crippen LogP contribution >= 0.6 is 0 Å². The van der Waals surface area contributed by atoms with Gasteiger partial charge in [0.15, 0.2) is 5.78 Å². The topological polar surface area (TPSA) is 95.8 Å². The van der Waals surface area contributed by atoms with Gasteiger partial charge in [-0.1, -0.05) is 12.1 Å². The number of rotatable bonds is 6. The molecule has 1 fully saturated rings. The third-order valence-corrected chi connectivity index (χ3v) is 8.41. The maximum atomic E-state index is 14.3. The van der Waals surface area contributed by atoms with Crippen LogP contribution in [0.3, 0.4) is 0 Å². The largest absolute Gasteiger partial charge is 0.494 e. The molecule has 1 amide bonds. The number of nitrogens with one attached hydrogen (secondary N) is 1. The highest BCUT2D eigenvalue weighted by Gasteiger charge is 2.37. The number of amidine groups is 1. The number of carbonyl (C=O) groups is 2. The zero-order valence-electron chi connectivity index (χ0n) is 26.6. The number of likely N-dealkylation sites (N-methyl/N-ethyl adjacent to an activating group) is 1. The van der Waals surface area contributed by atoms with Gasteiger partial charge in [0, 0.05) is 30.8 Å². The van der Waals surface area contributed by atoms with Crippen LogP contribution in [0.25, 0.3) is 0 Å². The Hall–Kier alpha value is -4.29. The second kappa shape index (κ2) is 13.6. The molecule has 5 rings (SSSR count). The number of ether oxygens (including phenoxy) is 2. The summed E-state index contributed by atoms with van der Waals surface area (Å²) in [5.41, 5.74) is 2.19. The molecule has 3 aliphatic rings. The number of piperidine rings is 1. The fourth-order valence-electron chi connectivity index (χ4n) is 5.81. The molecule has 0 aromatic heterocycles. The average Bonchev–Trinajstić information content (AvgIpc) is 2.97. The Bertz CT molecular complexity index is 1650. The van der Waals surface area contributed by atoms with E-state index in [1.807, 2.05) is 18.9 Å². The smallest absolute Gasteiger partial charge is 0.421 e. The molecule has 0 radical (unpaired) electrons. The lowest BCUT2D eigenvalue weighted by molar-refractivity contribution is -0.0875. The number of halogens is 3. The fraction of sp³-hybridized carbons (Fsp3) is 0.412. The Kier molecular flexibility index (Phi) is 9.78. The predicted octanol–water partition coefficient (Wildman–Crippen LogP) is 5.72. The van der Waals surface area contributed by atoms with E-state index < -0.39 is 17.5 Å². The van der Waals surface area contributed by atoms with Gasteiger partial charge in [0.2, 0.25) is 0 Å². The number of hydrogen-bond acceptors (Lipinski definition) is 7. The third-order valence-electron chi connectivity index (χ3n) is 8.41. The first-order valence-electron chi connectivity index (χ1n) is 15.1. The molecule has 2 aromatic rings. The average molecular weight is 638 g/mol. The molecule has 1 saturated heterocycles. The first-order chi connectivity index (χ1) is 21.8. The van der Waals surface area contributed by atoms with Gasteiger partial charge in [0.05, 0.1) is 19.2 Å². The zero-order chi connectivity index (χ0) is 33.2. The minimum atomic E-state index is -4.81. The van der Waals surface area contributed by atoms with Gasteiger partial charge in [-0.3, -0.25) is 14.5 Å². The van der Waals surface area contributed by atoms with Gasteiger partial charge in [-0.15, -0.1) is 0 Å². The summed E-state index contributed by atoms with van der Waals surface area (Å²) in [4.78, 5) is 38.7. The summed E-state index contributed by atoms with van der Waals surface area (Å²) in [6, 6.07) is 6.60. The Morgan fingerprint density at radius 3 is 2.48 bits per heavy atom. The molecular weight excluding hydrogens is 599 g/mol. The molecule has 0 spiro atoms. The van der Waals surface area contributed by atoms with Crippen molar-refractivity contribution >= 4 is 29.4 Å². The minimum absolute atomic E-state index is 0.0723. The van der Waals surface area contributed by atoms with Crippen LogP contribution in [0.15, 0.2) is 57.7 Å². The van der Waals surface area contributed by atoms with Crippen molar-refractivity contribution in [2.45, 2.75) is 51.9 Å². The maximum absolute atomic E-state index is 14.3. The molecular formula is C34H38F3N5O4. The Morgan fingerprint density at radius 1 is 1.04 bits per heavy atom. The van der Waals surface area contributed by atoms with Crippen LogP contribution in [-0.4, -0.2) is 86.6 Å². The van der Waals surface area contributed by atoms with Crippen LogP contribution in [0.1, 0.15) is 56.7 Å². The van der Waals surface area contributed by atoms with Gasteiger partial charge in [-0.05, 0) is 94.8 Å². The van der Waals surface area contributed by atoms with E-state index in [1.54, 1.807) is 25.1 Å². The highest BCUT2D eigenvalue weighted by atomic mass is 19.4. The van der Waals surface area contributed by atoms with Crippen LogP contribution in [-0.2, 0) is 6.54 Å². The number of fused-ring (bicyclic) bond motifs is 1. The van der Waals surface area contributed by atoms with Gasteiger partial charge in [-0.25, -0.2) is 9.98 Å². The highest BCUT2D eigenvalue weighted by Crippen LogP contribution is 2.36. The van der Waals surface area contributed by atoms with E-state index in [4.69, 9.17) is 9.47 Å². The molecule has 0 saturated carbocycles. The quantitative estimate of drug-likeness (QED) is 0.436. The van der Waals surface area contributed by atoms with Gasteiger partial charge >= 0.3 is 6.18 Å². The van der Waals surface area contributed by atoms with Gasteiger partial charge in [-0.2, -0.15) is 13.2 Å². The number of alkyl halides is 3. The molecule has 46 heavy (non-hydrogen) atoms. The minimum Gasteiger partial charge on any atom is -0.494 e. The molecule has 244 valence electrons. The monoisotopic (exact) mass is 637 g/mol. The van der Waals surface area contributed by atoms with Crippen LogP contribution in [0.2, 0.25) is 0 Å². The molecule has 0 aliphatic carbocycles. The van der Waals surface area contributed by atoms with Crippen molar-refractivity contribution in [3.8, 4) is 11.5 Å². The van der Waals surface area contributed by atoms with E-state index in [0.717, 1.165) is 37.1 Å². The van der Waals surface area contributed by atoms with Crippen LogP contribution in [0.4, 0.5) is 18.9 Å². The molecule has 9 nitrogen and oxygen atoms in total. The molecule has 0 bridgehead atoms. The van der Waals surface area contributed by atoms with Crippen molar-refractivity contribution in [1.29, 1.82) is 0 Å². The number of methoxy groups -OCH3 is 1. The summed E-state index contributed by atoms with van der Waals surface area (Å²) in [6.07, 6.45) is 0.405. The Morgan fingerprint density at radius 2 is 1.78 bits per heavy atom. The molecule has 2 aromatic carbocycles. The van der Waals surface area contributed by atoms with Crippen molar-refractivity contribution in [3.05, 3.63) is 75.6 Å². The van der Waals surface area contributed by atoms with Crippen molar-refractivity contribution in [1.82, 2.24) is 15.1 Å². The Balaban J connectivity index is 1.43. The third kappa shape index (κ3) is 7.39. The van der Waals surface area contributed by atoms with E-state index in [2.05, 4.69) is 27.2 Å². The van der Waals surface area contributed by atoms with Gasteiger partial charge < -0.3 is 19.7 Å². The number of amides is 1. The SMILES string of the molecule is COc1cc(C(=O)NC2CCN(C)CC2)c(C)cc1N=C1C/C=C/C(Oc2ccc(C)c3c2C(=O)CN(C)C3)=C(\C(F)(F)F)C=N1. The highest BCUT2D eigenvalue weighted by molar-refractivity contribution is 6.03. The van der Waals surface area contributed by atoms with Gasteiger partial charge in [0.1, 0.15) is 34.4 Å². The van der Waals surface area contributed by atoms with E-state index in [0.29, 0.717) is 40.9 Å². The van der Waals surface area contributed by atoms with Crippen molar-refractivity contribution < 1.29 is 32.2 Å². The van der Waals surface area contributed by atoms with Crippen LogP contribution in [0.5, 0.6) is 11.5 Å². The van der Waals surface area contributed by atoms with E-state index in [1.165, 1.54) is 25.3 Å². The second-order valence-corrected chi connectivity index (χ2v) is 12.0. The predicted molar refractivity (Wildman–Crippen MR) is 171 cm³/mol. The number of benzene rings is 2. The fourth-order valence-corrected chi connectivity index (χ4v) is 5.81. The molecule has 3 aliphatic heterocycles. The lowest BCUT2D eigenvalue weighted by Crippen LogP contribution is -2.43. The summed E-state index contributed by atoms with van der Waals surface area (Å²) in [5, 5.41) is 3.09. The zero-order valence-corrected chi connectivity index (χ0v) is 26.6. The molecule has 1 N–H and O–H groups in total. The van der Waals surface area contributed by atoms with Crippen LogP contribution in [0, 0.1) is 13.8 Å². The number of likely N-dealkylation sites (tertiary alicyclic amines) is 1. The van der Waals surface area contributed by atoms with Crippen molar-refractivity contribution in [3.63, 3.8) is 0 Å². The molecule has 0 atom stereocenters.